The van der Waals surface area contributed by atoms with Crippen LogP contribution in [0.3, 0.4) is 0 Å². The summed E-state index contributed by atoms with van der Waals surface area (Å²) in [4.78, 5) is 30.0. The summed E-state index contributed by atoms with van der Waals surface area (Å²) in [5, 5.41) is 3.96. The Bertz CT molecular complexity index is 1270. The first kappa shape index (κ1) is 20.9. The molecule has 1 N–H and O–H groups in total. The highest BCUT2D eigenvalue weighted by Gasteiger charge is 2.22. The minimum Gasteiger partial charge on any atom is -0.463 e. The molecule has 0 aliphatic rings. The average molecular weight is 455 g/mol. The Labute approximate surface area is 187 Å². The van der Waals surface area contributed by atoms with Gasteiger partial charge in [-0.15, -0.1) is 0 Å². The molecular formula is C23H16Cl2N2O4. The van der Waals surface area contributed by atoms with Gasteiger partial charge in [-0.3, -0.25) is 4.79 Å². The van der Waals surface area contributed by atoms with E-state index in [9.17, 15) is 9.59 Å². The summed E-state index contributed by atoms with van der Waals surface area (Å²) in [5.74, 6) is -0.665. The van der Waals surface area contributed by atoms with Crippen LogP contribution >= 0.6 is 23.2 Å². The maximum atomic E-state index is 13.0. The zero-order chi connectivity index (χ0) is 22.0. The number of carbonyl (C=O) groups is 2. The first-order chi connectivity index (χ1) is 14.9. The van der Waals surface area contributed by atoms with Gasteiger partial charge in [-0.05, 0) is 49.4 Å². The van der Waals surface area contributed by atoms with Gasteiger partial charge in [0.05, 0.1) is 28.1 Å². The molecule has 2 heterocycles. The Morgan fingerprint density at radius 1 is 1.06 bits per heavy atom. The molecule has 4 aromatic rings. The average Bonchev–Trinajstić information content (AvgIpc) is 3.29. The van der Waals surface area contributed by atoms with Gasteiger partial charge in [0.2, 0.25) is 0 Å². The number of ether oxygens (including phenoxy) is 1. The Morgan fingerprint density at radius 2 is 1.87 bits per heavy atom. The predicted octanol–water partition coefficient (Wildman–Crippen LogP) is 5.99. The number of fused-ring (bicyclic) bond motifs is 1. The highest BCUT2D eigenvalue weighted by atomic mass is 35.5. The van der Waals surface area contributed by atoms with Gasteiger partial charge in [-0.1, -0.05) is 41.4 Å². The van der Waals surface area contributed by atoms with E-state index < -0.39 is 18.0 Å². The number of benzene rings is 2. The van der Waals surface area contributed by atoms with Crippen molar-refractivity contribution in [2.75, 3.05) is 5.32 Å². The summed E-state index contributed by atoms with van der Waals surface area (Å²) >= 11 is 12.0. The van der Waals surface area contributed by atoms with E-state index in [1.54, 1.807) is 48.5 Å². The molecule has 0 saturated carbocycles. The van der Waals surface area contributed by atoms with Crippen molar-refractivity contribution in [1.29, 1.82) is 0 Å². The molecule has 0 unspecified atom stereocenters. The molecule has 0 spiro atoms. The maximum absolute atomic E-state index is 13.0. The number of hydrogen-bond acceptors (Lipinski definition) is 5. The number of esters is 1. The molecule has 0 bridgehead atoms. The van der Waals surface area contributed by atoms with Gasteiger partial charge < -0.3 is 14.5 Å². The molecule has 2 aromatic carbocycles. The van der Waals surface area contributed by atoms with E-state index in [2.05, 4.69) is 10.3 Å². The number of nitrogens with one attached hydrogen (secondary N) is 1. The summed E-state index contributed by atoms with van der Waals surface area (Å²) in [7, 11) is 0. The van der Waals surface area contributed by atoms with Crippen molar-refractivity contribution in [3.05, 3.63) is 82.5 Å². The molecule has 1 atom stereocenters. The van der Waals surface area contributed by atoms with Crippen molar-refractivity contribution in [3.8, 4) is 11.5 Å². The zero-order valence-corrected chi connectivity index (χ0v) is 17.8. The summed E-state index contributed by atoms with van der Waals surface area (Å²) in [5.41, 5.74) is 1.74. The highest BCUT2D eigenvalue weighted by Crippen LogP contribution is 2.27. The van der Waals surface area contributed by atoms with Crippen LogP contribution in [0, 0.1) is 0 Å². The minimum atomic E-state index is -1.07. The van der Waals surface area contributed by atoms with Gasteiger partial charge in [0.25, 0.3) is 5.91 Å². The second kappa shape index (κ2) is 8.79. The topological polar surface area (TPSA) is 81.4 Å². The largest absolute Gasteiger partial charge is 0.463 e. The lowest BCUT2D eigenvalue weighted by molar-refractivity contribution is -0.123. The molecule has 31 heavy (non-hydrogen) atoms. The second-order valence-electron chi connectivity index (χ2n) is 6.71. The number of furan rings is 1. The Hall–Kier alpha value is -3.35. The van der Waals surface area contributed by atoms with Gasteiger partial charge in [-0.2, -0.15) is 0 Å². The van der Waals surface area contributed by atoms with Crippen molar-refractivity contribution in [2.45, 2.75) is 13.0 Å². The number of aromatic nitrogens is 1. The summed E-state index contributed by atoms with van der Waals surface area (Å²) in [6, 6.07) is 16.9. The van der Waals surface area contributed by atoms with E-state index in [0.29, 0.717) is 33.1 Å². The molecule has 0 aliphatic heterocycles. The third-order valence-corrected chi connectivity index (χ3v) is 5.10. The number of nitrogens with zero attached hydrogens (tertiary/aromatic N) is 1. The van der Waals surface area contributed by atoms with E-state index in [0.717, 1.165) is 0 Å². The van der Waals surface area contributed by atoms with Crippen LogP contribution in [0.25, 0.3) is 22.4 Å². The standard InChI is InChI=1S/C23H16Cl2N2O4/c1-13(22(28)27-19-9-8-14(24)11-17(19)25)31-23(29)16-12-20(21-7-4-10-30-21)26-18-6-3-2-5-15(16)18/h2-13H,1H3,(H,27,28)/t13-/m0/s1. The fourth-order valence-electron chi connectivity index (χ4n) is 3.00. The fraction of sp³-hybridized carbons (Fsp3) is 0.0870. The molecule has 0 saturated heterocycles. The maximum Gasteiger partial charge on any atom is 0.339 e. The van der Waals surface area contributed by atoms with Crippen LogP contribution in [0.4, 0.5) is 5.69 Å². The number of carbonyl (C=O) groups excluding carboxylic acids is 2. The van der Waals surface area contributed by atoms with Crippen LogP contribution in [0.2, 0.25) is 10.0 Å². The molecule has 4 rings (SSSR count). The first-order valence-corrected chi connectivity index (χ1v) is 10.1. The number of halogens is 2. The summed E-state index contributed by atoms with van der Waals surface area (Å²) in [6.45, 7) is 1.48. The highest BCUT2D eigenvalue weighted by molar-refractivity contribution is 6.36. The number of anilines is 1. The molecule has 156 valence electrons. The van der Waals surface area contributed by atoms with Crippen LogP contribution in [0.5, 0.6) is 0 Å². The molecule has 8 heteroatoms. The number of hydrogen-bond donors (Lipinski definition) is 1. The van der Waals surface area contributed by atoms with Crippen molar-refractivity contribution >= 4 is 51.7 Å². The molecule has 0 fully saturated rings. The number of pyridine rings is 1. The molecule has 6 nitrogen and oxygen atoms in total. The lowest BCUT2D eigenvalue weighted by atomic mass is 10.1. The first-order valence-electron chi connectivity index (χ1n) is 9.33. The molecule has 0 radical (unpaired) electrons. The molecule has 0 aliphatic carbocycles. The third-order valence-electron chi connectivity index (χ3n) is 4.55. The Kier molecular flexibility index (Phi) is 5.93. The lowest BCUT2D eigenvalue weighted by Crippen LogP contribution is -2.30. The summed E-state index contributed by atoms with van der Waals surface area (Å²) < 4.78 is 10.8. The van der Waals surface area contributed by atoms with Crippen molar-refractivity contribution in [1.82, 2.24) is 4.98 Å². The van der Waals surface area contributed by atoms with Crippen molar-refractivity contribution < 1.29 is 18.7 Å². The number of rotatable bonds is 5. The molecular weight excluding hydrogens is 439 g/mol. The normalized spacial score (nSPS) is 11.8. The quantitative estimate of drug-likeness (QED) is 0.374. The minimum absolute atomic E-state index is 0.279. The van der Waals surface area contributed by atoms with Gasteiger partial charge in [0, 0.05) is 10.4 Å². The Morgan fingerprint density at radius 3 is 2.61 bits per heavy atom. The zero-order valence-electron chi connectivity index (χ0n) is 16.3. The van der Waals surface area contributed by atoms with Gasteiger partial charge >= 0.3 is 5.97 Å². The fourth-order valence-corrected chi connectivity index (χ4v) is 3.45. The summed E-state index contributed by atoms with van der Waals surface area (Å²) in [6.07, 6.45) is 0.455. The molecule has 1 amide bonds. The Balaban J connectivity index is 1.58. The van der Waals surface area contributed by atoms with Crippen LogP contribution in [0.15, 0.2) is 71.3 Å². The van der Waals surface area contributed by atoms with E-state index in [1.165, 1.54) is 19.3 Å². The van der Waals surface area contributed by atoms with E-state index >= 15 is 0 Å². The second-order valence-corrected chi connectivity index (χ2v) is 7.55. The molecule has 2 aromatic heterocycles. The van der Waals surface area contributed by atoms with Gasteiger partial charge in [0.15, 0.2) is 11.9 Å². The number of amides is 1. The lowest BCUT2D eigenvalue weighted by Gasteiger charge is -2.15. The monoisotopic (exact) mass is 454 g/mol. The van der Waals surface area contributed by atoms with Crippen LogP contribution in [0.1, 0.15) is 17.3 Å². The van der Waals surface area contributed by atoms with Crippen LogP contribution in [-0.4, -0.2) is 23.0 Å². The van der Waals surface area contributed by atoms with E-state index in [-0.39, 0.29) is 10.6 Å². The van der Waals surface area contributed by atoms with Gasteiger partial charge in [0.1, 0.15) is 5.69 Å². The third kappa shape index (κ3) is 4.55. The van der Waals surface area contributed by atoms with Crippen molar-refractivity contribution in [3.63, 3.8) is 0 Å². The van der Waals surface area contributed by atoms with E-state index in [4.69, 9.17) is 32.4 Å². The van der Waals surface area contributed by atoms with E-state index in [1.807, 2.05) is 6.07 Å². The van der Waals surface area contributed by atoms with Gasteiger partial charge in [-0.25, -0.2) is 9.78 Å². The van der Waals surface area contributed by atoms with Crippen LogP contribution in [-0.2, 0) is 9.53 Å². The smallest absolute Gasteiger partial charge is 0.339 e. The van der Waals surface area contributed by atoms with Crippen molar-refractivity contribution in [2.24, 2.45) is 0 Å². The SMILES string of the molecule is C[C@H](OC(=O)c1cc(-c2ccco2)nc2ccccc12)C(=O)Nc1ccc(Cl)cc1Cl. The predicted molar refractivity (Wildman–Crippen MR) is 119 cm³/mol. The van der Waals surface area contributed by atoms with Crippen LogP contribution < -0.4 is 5.32 Å². The number of para-hydroxylation sites is 1.